The van der Waals surface area contributed by atoms with E-state index in [1.54, 1.807) is 7.11 Å². The Balaban J connectivity index is 1.92. The zero-order valence-electron chi connectivity index (χ0n) is 10.6. The highest BCUT2D eigenvalue weighted by Crippen LogP contribution is 2.44. The lowest BCUT2D eigenvalue weighted by atomic mass is 9.84. The first kappa shape index (κ1) is 10.7. The minimum atomic E-state index is 0.964. The fourth-order valence-electron chi connectivity index (χ4n) is 2.97. The van der Waals surface area contributed by atoms with Crippen LogP contribution < -0.4 is 4.74 Å². The molecule has 0 atom stereocenters. The molecular weight excluding hydrogens is 210 g/mol. The molecule has 1 saturated heterocycles. The van der Waals surface area contributed by atoms with Gasteiger partial charge < -0.3 is 9.64 Å². The van der Waals surface area contributed by atoms with Crippen LogP contribution in [0.5, 0.6) is 5.75 Å². The predicted molar refractivity (Wildman–Crippen MR) is 70.9 cm³/mol. The molecule has 0 saturated carbocycles. The predicted octanol–water partition coefficient (Wildman–Crippen LogP) is 3.38. The lowest BCUT2D eigenvalue weighted by molar-refractivity contribution is 0.324. The van der Waals surface area contributed by atoms with Gasteiger partial charge in [0.2, 0.25) is 0 Å². The second-order valence-electron chi connectivity index (χ2n) is 4.93. The number of likely N-dealkylation sites (tertiary alicyclic amines) is 1. The number of rotatable bonds is 2. The van der Waals surface area contributed by atoms with E-state index in [4.69, 9.17) is 4.74 Å². The highest BCUT2D eigenvalue weighted by Gasteiger charge is 2.28. The maximum atomic E-state index is 5.31. The van der Waals surface area contributed by atoms with Crippen LogP contribution in [-0.4, -0.2) is 25.1 Å². The van der Waals surface area contributed by atoms with Gasteiger partial charge in [0.05, 0.1) is 7.11 Å². The molecule has 3 rings (SSSR count). The summed E-state index contributed by atoms with van der Waals surface area (Å²) in [5.74, 6) is 0.964. The van der Waals surface area contributed by atoms with E-state index >= 15 is 0 Å². The van der Waals surface area contributed by atoms with Gasteiger partial charge in [-0.25, -0.2) is 0 Å². The molecule has 1 aliphatic heterocycles. The van der Waals surface area contributed by atoms with Gasteiger partial charge in [0.1, 0.15) is 5.75 Å². The number of hydrogen-bond acceptors (Lipinski definition) is 2. The molecule has 2 aliphatic rings. The quantitative estimate of drug-likeness (QED) is 0.770. The third-order valence-corrected chi connectivity index (χ3v) is 3.91. The highest BCUT2D eigenvalue weighted by molar-refractivity contribution is 6.02. The molecule has 1 aromatic rings. The van der Waals surface area contributed by atoms with Crippen molar-refractivity contribution in [3.05, 3.63) is 29.3 Å². The third-order valence-electron chi connectivity index (χ3n) is 3.91. The Kier molecular flexibility index (Phi) is 2.58. The molecule has 0 N–H and O–H groups in total. The molecule has 1 aliphatic carbocycles. The molecule has 0 aromatic heterocycles. The van der Waals surface area contributed by atoms with Crippen LogP contribution in [-0.2, 0) is 0 Å². The molecule has 0 amide bonds. The Morgan fingerprint density at radius 3 is 2.53 bits per heavy atom. The summed E-state index contributed by atoms with van der Waals surface area (Å²) in [6, 6.07) is 6.40. The maximum absolute atomic E-state index is 5.31. The smallest absolute Gasteiger partial charge is 0.119 e. The molecule has 0 bridgehead atoms. The summed E-state index contributed by atoms with van der Waals surface area (Å²) < 4.78 is 5.31. The van der Waals surface area contributed by atoms with E-state index in [0.29, 0.717) is 0 Å². The highest BCUT2D eigenvalue weighted by atomic mass is 16.5. The van der Waals surface area contributed by atoms with Crippen LogP contribution in [0.3, 0.4) is 0 Å². The van der Waals surface area contributed by atoms with Gasteiger partial charge in [-0.15, -0.1) is 0 Å². The van der Waals surface area contributed by atoms with Crippen molar-refractivity contribution in [3.8, 4) is 5.75 Å². The lowest BCUT2D eigenvalue weighted by Gasteiger charge is -2.38. The minimum absolute atomic E-state index is 0.964. The Bertz CT molecular complexity index is 470. The topological polar surface area (TPSA) is 12.5 Å². The molecule has 90 valence electrons. The number of allylic oxidation sites excluding steroid dienone is 1. The molecule has 1 aromatic carbocycles. The van der Waals surface area contributed by atoms with Crippen LogP contribution >= 0.6 is 0 Å². The fourth-order valence-corrected chi connectivity index (χ4v) is 2.97. The molecule has 2 heteroatoms. The van der Waals surface area contributed by atoms with Gasteiger partial charge in [0.15, 0.2) is 0 Å². The Labute approximate surface area is 103 Å². The Hall–Kier alpha value is -1.44. The summed E-state index contributed by atoms with van der Waals surface area (Å²) in [6.45, 7) is 4.66. The largest absolute Gasteiger partial charge is 0.497 e. The van der Waals surface area contributed by atoms with Gasteiger partial charge in [-0.2, -0.15) is 0 Å². The van der Waals surface area contributed by atoms with Crippen molar-refractivity contribution in [1.29, 1.82) is 0 Å². The van der Waals surface area contributed by atoms with Gasteiger partial charge in [0, 0.05) is 24.4 Å². The molecule has 0 spiro atoms. The van der Waals surface area contributed by atoms with Crippen molar-refractivity contribution in [1.82, 2.24) is 4.90 Å². The lowest BCUT2D eigenvalue weighted by Crippen LogP contribution is -2.31. The zero-order valence-corrected chi connectivity index (χ0v) is 10.6. The normalized spacial score (nSPS) is 18.8. The molecular formula is C15H19NO. The van der Waals surface area contributed by atoms with E-state index in [0.717, 1.165) is 5.75 Å². The van der Waals surface area contributed by atoms with Crippen LogP contribution in [0.25, 0.3) is 11.3 Å². The molecule has 2 nitrogen and oxygen atoms in total. The number of benzene rings is 1. The third kappa shape index (κ3) is 1.63. The monoisotopic (exact) mass is 229 g/mol. The Morgan fingerprint density at radius 2 is 1.82 bits per heavy atom. The van der Waals surface area contributed by atoms with E-state index in [1.165, 1.54) is 54.7 Å². The van der Waals surface area contributed by atoms with Gasteiger partial charge in [-0.1, -0.05) is 6.07 Å². The average molecular weight is 229 g/mol. The van der Waals surface area contributed by atoms with Crippen molar-refractivity contribution < 1.29 is 4.74 Å². The Morgan fingerprint density at radius 1 is 1.06 bits per heavy atom. The summed E-state index contributed by atoms with van der Waals surface area (Å²) in [7, 11) is 1.73. The van der Waals surface area contributed by atoms with Crippen LogP contribution in [0.15, 0.2) is 18.2 Å². The van der Waals surface area contributed by atoms with E-state index in [-0.39, 0.29) is 0 Å². The summed E-state index contributed by atoms with van der Waals surface area (Å²) in [4.78, 5) is 2.54. The SMILES string of the molecule is COc1ccc2c(c1)C(N1CCCCC1)=C2C. The van der Waals surface area contributed by atoms with Gasteiger partial charge in [0.25, 0.3) is 0 Å². The summed E-state index contributed by atoms with van der Waals surface area (Å²) >= 11 is 0. The van der Waals surface area contributed by atoms with E-state index in [9.17, 15) is 0 Å². The van der Waals surface area contributed by atoms with E-state index in [1.807, 2.05) is 0 Å². The summed E-state index contributed by atoms with van der Waals surface area (Å²) in [5.41, 5.74) is 5.68. The van der Waals surface area contributed by atoms with E-state index < -0.39 is 0 Å². The van der Waals surface area contributed by atoms with Crippen molar-refractivity contribution in [2.75, 3.05) is 20.2 Å². The maximum Gasteiger partial charge on any atom is 0.119 e. The van der Waals surface area contributed by atoms with Crippen molar-refractivity contribution >= 4 is 11.3 Å². The van der Waals surface area contributed by atoms with Gasteiger partial charge in [-0.05, 0) is 49.5 Å². The van der Waals surface area contributed by atoms with Gasteiger partial charge in [-0.3, -0.25) is 0 Å². The van der Waals surface area contributed by atoms with Crippen molar-refractivity contribution in [3.63, 3.8) is 0 Å². The average Bonchev–Trinajstić information content (AvgIpc) is 2.39. The minimum Gasteiger partial charge on any atom is -0.497 e. The van der Waals surface area contributed by atoms with Crippen molar-refractivity contribution in [2.45, 2.75) is 26.2 Å². The van der Waals surface area contributed by atoms with Gasteiger partial charge >= 0.3 is 0 Å². The number of piperidine rings is 1. The first-order valence-corrected chi connectivity index (χ1v) is 6.46. The zero-order chi connectivity index (χ0) is 11.8. The number of fused-ring (bicyclic) bond motifs is 1. The summed E-state index contributed by atoms with van der Waals surface area (Å²) in [5, 5.41) is 0. The molecule has 1 fully saturated rings. The molecule has 17 heavy (non-hydrogen) atoms. The number of ether oxygens (including phenoxy) is 1. The first-order chi connectivity index (χ1) is 8.31. The second-order valence-corrected chi connectivity index (χ2v) is 4.93. The molecule has 1 heterocycles. The van der Waals surface area contributed by atoms with Crippen LogP contribution in [0.4, 0.5) is 0 Å². The molecule has 0 unspecified atom stereocenters. The second kappa shape index (κ2) is 4.10. The standard InChI is InChI=1S/C15H19NO/c1-11-13-7-6-12(17-2)10-14(13)15(11)16-8-4-3-5-9-16/h6-7,10H,3-5,8-9H2,1-2H3. The van der Waals surface area contributed by atoms with Crippen LogP contribution in [0.1, 0.15) is 37.3 Å². The van der Waals surface area contributed by atoms with E-state index in [2.05, 4.69) is 30.0 Å². The summed E-state index contributed by atoms with van der Waals surface area (Å²) in [6.07, 6.45) is 4.04. The first-order valence-electron chi connectivity index (χ1n) is 6.46. The fraction of sp³-hybridized carbons (Fsp3) is 0.467. The van der Waals surface area contributed by atoms with Crippen LogP contribution in [0, 0.1) is 0 Å². The number of hydrogen-bond donors (Lipinski definition) is 0. The molecule has 0 radical (unpaired) electrons. The van der Waals surface area contributed by atoms with Crippen molar-refractivity contribution in [2.24, 2.45) is 0 Å². The number of nitrogens with zero attached hydrogens (tertiary/aromatic N) is 1. The van der Waals surface area contributed by atoms with Crippen LogP contribution in [0.2, 0.25) is 0 Å². The number of methoxy groups -OCH3 is 1.